The number of methoxy groups -OCH3 is 1. The average molecular weight is 333 g/mol. The molecular formula is C15H22Cl2N2O2. The van der Waals surface area contributed by atoms with Crippen LogP contribution in [0.15, 0.2) is 18.2 Å². The van der Waals surface area contributed by atoms with Crippen molar-refractivity contribution in [2.24, 2.45) is 5.73 Å². The quantitative estimate of drug-likeness (QED) is 0.925. The Kier molecular flexibility index (Phi) is 6.94. The fourth-order valence-electron chi connectivity index (χ4n) is 2.70. The molecule has 2 unspecified atom stereocenters. The number of piperidine rings is 1. The fourth-order valence-corrected chi connectivity index (χ4v) is 2.87. The molecule has 0 radical (unpaired) electrons. The molecule has 0 bridgehead atoms. The van der Waals surface area contributed by atoms with Crippen LogP contribution in [0, 0.1) is 6.92 Å². The molecule has 2 atom stereocenters. The number of nitrogens with two attached hydrogens (primary N) is 1. The van der Waals surface area contributed by atoms with Crippen LogP contribution in [0.2, 0.25) is 5.02 Å². The third kappa shape index (κ3) is 4.10. The molecule has 1 saturated heterocycles. The first-order chi connectivity index (χ1) is 9.56. The Labute approximate surface area is 137 Å². The molecule has 6 heteroatoms. The molecule has 1 fully saturated rings. The second-order valence-electron chi connectivity index (χ2n) is 5.23. The molecule has 1 aromatic carbocycles. The molecule has 2 rings (SSSR count). The number of hydrogen-bond acceptors (Lipinski definition) is 3. The van der Waals surface area contributed by atoms with Crippen molar-refractivity contribution in [3.63, 3.8) is 0 Å². The van der Waals surface area contributed by atoms with Crippen LogP contribution in [0.4, 0.5) is 0 Å². The van der Waals surface area contributed by atoms with Gasteiger partial charge >= 0.3 is 0 Å². The number of likely N-dealkylation sites (tertiary alicyclic amines) is 1. The van der Waals surface area contributed by atoms with Crippen LogP contribution in [0.25, 0.3) is 0 Å². The number of carbonyl (C=O) groups excluding carboxylic acids is 1. The SMILES string of the molecule is COC1CCN(C(=O)c2cc(Cl)ccc2C)C(CN)C1.Cl. The number of halogens is 2. The first-order valence-electron chi connectivity index (χ1n) is 6.86. The minimum atomic E-state index is 0. The van der Waals surface area contributed by atoms with Crippen molar-refractivity contribution in [3.8, 4) is 0 Å². The van der Waals surface area contributed by atoms with Crippen LogP contribution < -0.4 is 5.73 Å². The van der Waals surface area contributed by atoms with Crippen LogP contribution in [0.3, 0.4) is 0 Å². The minimum Gasteiger partial charge on any atom is -0.381 e. The zero-order valence-corrected chi connectivity index (χ0v) is 13.9. The molecule has 0 saturated carbocycles. The Morgan fingerprint density at radius 2 is 2.24 bits per heavy atom. The second kappa shape index (κ2) is 7.99. The largest absolute Gasteiger partial charge is 0.381 e. The zero-order chi connectivity index (χ0) is 14.7. The molecule has 1 aliphatic heterocycles. The molecule has 118 valence electrons. The lowest BCUT2D eigenvalue weighted by Gasteiger charge is -2.38. The van der Waals surface area contributed by atoms with Crippen molar-refractivity contribution in [1.82, 2.24) is 4.90 Å². The maximum Gasteiger partial charge on any atom is 0.254 e. The highest BCUT2D eigenvalue weighted by Gasteiger charge is 2.31. The summed E-state index contributed by atoms with van der Waals surface area (Å²) in [7, 11) is 1.71. The summed E-state index contributed by atoms with van der Waals surface area (Å²) in [5.74, 6) is 0.00926. The van der Waals surface area contributed by atoms with Crippen molar-refractivity contribution in [2.45, 2.75) is 31.9 Å². The standard InChI is InChI=1S/C15H21ClN2O2.ClH/c1-10-3-4-11(16)7-14(10)15(19)18-6-5-13(20-2)8-12(18)9-17;/h3-4,7,12-13H,5-6,8-9,17H2,1-2H3;1H. The molecule has 21 heavy (non-hydrogen) atoms. The lowest BCUT2D eigenvalue weighted by atomic mass is 9.97. The number of amides is 1. The number of ether oxygens (including phenoxy) is 1. The molecule has 0 aliphatic carbocycles. The van der Waals surface area contributed by atoms with Gasteiger partial charge < -0.3 is 15.4 Å². The van der Waals surface area contributed by atoms with Crippen molar-refractivity contribution < 1.29 is 9.53 Å². The summed E-state index contributed by atoms with van der Waals surface area (Å²) in [6, 6.07) is 5.43. The van der Waals surface area contributed by atoms with Crippen LogP contribution in [0.5, 0.6) is 0 Å². The maximum absolute atomic E-state index is 12.7. The summed E-state index contributed by atoms with van der Waals surface area (Å²) in [5, 5.41) is 0.579. The van der Waals surface area contributed by atoms with Gasteiger partial charge in [-0.05, 0) is 37.5 Å². The van der Waals surface area contributed by atoms with E-state index in [4.69, 9.17) is 22.1 Å². The van der Waals surface area contributed by atoms with E-state index in [9.17, 15) is 4.79 Å². The van der Waals surface area contributed by atoms with Gasteiger partial charge in [-0.25, -0.2) is 0 Å². The average Bonchev–Trinajstić information content (AvgIpc) is 2.48. The Morgan fingerprint density at radius 1 is 1.52 bits per heavy atom. The highest BCUT2D eigenvalue weighted by atomic mass is 35.5. The number of nitrogens with zero attached hydrogens (tertiary/aromatic N) is 1. The van der Waals surface area contributed by atoms with Crippen LogP contribution in [-0.4, -0.2) is 43.2 Å². The van der Waals surface area contributed by atoms with E-state index in [1.165, 1.54) is 0 Å². The van der Waals surface area contributed by atoms with Gasteiger partial charge in [0.2, 0.25) is 0 Å². The highest BCUT2D eigenvalue weighted by molar-refractivity contribution is 6.31. The van der Waals surface area contributed by atoms with Crippen molar-refractivity contribution in [3.05, 3.63) is 34.3 Å². The highest BCUT2D eigenvalue weighted by Crippen LogP contribution is 2.24. The number of carbonyl (C=O) groups is 1. The normalized spacial score (nSPS) is 21.8. The van der Waals surface area contributed by atoms with E-state index in [0.717, 1.165) is 18.4 Å². The predicted octanol–water partition coefficient (Wildman–Crippen LogP) is 2.65. The van der Waals surface area contributed by atoms with Crippen molar-refractivity contribution in [2.75, 3.05) is 20.2 Å². The Hall–Kier alpha value is -0.810. The van der Waals surface area contributed by atoms with E-state index in [0.29, 0.717) is 23.7 Å². The van der Waals surface area contributed by atoms with Gasteiger partial charge in [-0.1, -0.05) is 17.7 Å². The van der Waals surface area contributed by atoms with Crippen LogP contribution in [0.1, 0.15) is 28.8 Å². The lowest BCUT2D eigenvalue weighted by molar-refractivity contribution is 0.0138. The third-order valence-corrected chi connectivity index (χ3v) is 4.20. The number of rotatable bonds is 3. The van der Waals surface area contributed by atoms with E-state index in [2.05, 4.69) is 0 Å². The fraction of sp³-hybridized carbons (Fsp3) is 0.533. The molecular weight excluding hydrogens is 311 g/mol. The predicted molar refractivity (Wildman–Crippen MR) is 87.3 cm³/mol. The number of benzene rings is 1. The van der Waals surface area contributed by atoms with Gasteiger partial charge in [-0.2, -0.15) is 0 Å². The minimum absolute atomic E-state index is 0. The van der Waals surface area contributed by atoms with E-state index < -0.39 is 0 Å². The van der Waals surface area contributed by atoms with E-state index in [-0.39, 0.29) is 30.5 Å². The van der Waals surface area contributed by atoms with Gasteiger partial charge in [-0.15, -0.1) is 12.4 Å². The monoisotopic (exact) mass is 332 g/mol. The summed E-state index contributed by atoms with van der Waals surface area (Å²) < 4.78 is 5.39. The first-order valence-corrected chi connectivity index (χ1v) is 7.24. The van der Waals surface area contributed by atoms with Crippen LogP contribution >= 0.6 is 24.0 Å². The Bertz CT molecular complexity index is 497. The van der Waals surface area contributed by atoms with Crippen molar-refractivity contribution in [1.29, 1.82) is 0 Å². The first kappa shape index (κ1) is 18.2. The molecule has 0 spiro atoms. The zero-order valence-electron chi connectivity index (χ0n) is 12.3. The molecule has 1 heterocycles. The third-order valence-electron chi connectivity index (χ3n) is 3.96. The smallest absolute Gasteiger partial charge is 0.254 e. The van der Waals surface area contributed by atoms with E-state index >= 15 is 0 Å². The topological polar surface area (TPSA) is 55.6 Å². The van der Waals surface area contributed by atoms with Gasteiger partial charge in [0.1, 0.15) is 0 Å². The van der Waals surface area contributed by atoms with Gasteiger partial charge in [0.15, 0.2) is 0 Å². The summed E-state index contributed by atoms with van der Waals surface area (Å²) in [4.78, 5) is 14.6. The molecule has 1 aliphatic rings. The Balaban J connectivity index is 0.00000220. The molecule has 1 aromatic rings. The number of hydrogen-bond donors (Lipinski definition) is 1. The van der Waals surface area contributed by atoms with Gasteiger partial charge in [-0.3, -0.25) is 4.79 Å². The van der Waals surface area contributed by atoms with Crippen LogP contribution in [-0.2, 0) is 4.74 Å². The molecule has 0 aromatic heterocycles. The van der Waals surface area contributed by atoms with E-state index in [1.54, 1.807) is 19.2 Å². The molecule has 2 N–H and O–H groups in total. The second-order valence-corrected chi connectivity index (χ2v) is 5.67. The molecule has 1 amide bonds. The van der Waals surface area contributed by atoms with Gasteiger partial charge in [0, 0.05) is 36.8 Å². The van der Waals surface area contributed by atoms with Crippen molar-refractivity contribution >= 4 is 29.9 Å². The summed E-state index contributed by atoms with van der Waals surface area (Å²) >= 11 is 6.00. The summed E-state index contributed by atoms with van der Waals surface area (Å²) in [5.41, 5.74) is 7.41. The molecule has 4 nitrogen and oxygen atoms in total. The lowest BCUT2D eigenvalue weighted by Crippen LogP contribution is -2.51. The Morgan fingerprint density at radius 3 is 2.86 bits per heavy atom. The summed E-state index contributed by atoms with van der Waals surface area (Å²) in [6.45, 7) is 3.04. The maximum atomic E-state index is 12.7. The van der Waals surface area contributed by atoms with E-state index in [1.807, 2.05) is 17.9 Å². The summed E-state index contributed by atoms with van der Waals surface area (Å²) in [6.07, 6.45) is 1.82. The number of aryl methyl sites for hydroxylation is 1. The van der Waals surface area contributed by atoms with Gasteiger partial charge in [0.25, 0.3) is 5.91 Å². The van der Waals surface area contributed by atoms with Gasteiger partial charge in [0.05, 0.1) is 6.10 Å².